The number of terminal acetylenes is 1. The zero-order valence-electron chi connectivity index (χ0n) is 19.9. The Labute approximate surface area is 199 Å². The molecule has 0 bridgehead atoms. The number of nitrogens with zero attached hydrogens (tertiary/aromatic N) is 3. The quantitative estimate of drug-likeness (QED) is 0.617. The number of nitrogens with two attached hydrogens (primary N) is 1. The van der Waals surface area contributed by atoms with Gasteiger partial charge in [-0.2, -0.15) is 0 Å². The molecule has 34 heavy (non-hydrogen) atoms. The number of benzene rings is 1. The van der Waals surface area contributed by atoms with Crippen molar-refractivity contribution in [2.45, 2.75) is 50.3 Å². The molecule has 0 saturated carbocycles. The van der Waals surface area contributed by atoms with E-state index in [1.165, 1.54) is 13.2 Å². The highest BCUT2D eigenvalue weighted by molar-refractivity contribution is 7.95. The van der Waals surface area contributed by atoms with Crippen molar-refractivity contribution in [1.29, 1.82) is 0 Å². The van der Waals surface area contributed by atoms with Crippen molar-refractivity contribution in [3.05, 3.63) is 34.7 Å². The Balaban J connectivity index is 2.10. The van der Waals surface area contributed by atoms with Crippen LogP contribution in [0.5, 0.6) is 5.75 Å². The highest BCUT2D eigenvalue weighted by atomic mass is 32.2. The van der Waals surface area contributed by atoms with Crippen molar-refractivity contribution in [2.75, 3.05) is 26.8 Å². The SMILES string of the molecule is C#CC1N/C(N)=C(/S(=O)(=O)c2ccc(OC)cc2F)C(C)N=C(C)N=C1N1CCOC(C)(C)C1. The van der Waals surface area contributed by atoms with Gasteiger partial charge in [0.25, 0.3) is 0 Å². The van der Waals surface area contributed by atoms with Gasteiger partial charge in [-0.3, -0.25) is 4.99 Å². The second-order valence-corrected chi connectivity index (χ2v) is 10.6. The molecule has 0 radical (unpaired) electrons. The summed E-state index contributed by atoms with van der Waals surface area (Å²) in [5.41, 5.74) is 5.84. The summed E-state index contributed by atoms with van der Waals surface area (Å²) in [6, 6.07) is 1.68. The predicted molar refractivity (Wildman–Crippen MR) is 129 cm³/mol. The summed E-state index contributed by atoms with van der Waals surface area (Å²) in [6.45, 7) is 8.64. The number of morpholine rings is 1. The Kier molecular flexibility index (Phi) is 7.24. The molecule has 2 aliphatic heterocycles. The number of rotatable bonds is 3. The number of halogens is 1. The van der Waals surface area contributed by atoms with E-state index in [0.29, 0.717) is 31.4 Å². The van der Waals surface area contributed by atoms with Crippen LogP contribution in [-0.2, 0) is 14.6 Å². The van der Waals surface area contributed by atoms with Crippen LogP contribution in [0, 0.1) is 18.2 Å². The fourth-order valence-corrected chi connectivity index (χ4v) is 5.66. The van der Waals surface area contributed by atoms with Crippen LogP contribution >= 0.6 is 0 Å². The van der Waals surface area contributed by atoms with E-state index in [-0.39, 0.29) is 16.5 Å². The number of amidine groups is 2. The summed E-state index contributed by atoms with van der Waals surface area (Å²) in [5.74, 6) is 2.39. The maximum absolute atomic E-state index is 14.7. The fraction of sp³-hybridized carbons (Fsp3) is 0.478. The first-order valence-electron chi connectivity index (χ1n) is 10.7. The molecule has 2 atom stereocenters. The van der Waals surface area contributed by atoms with Gasteiger partial charge >= 0.3 is 0 Å². The number of aliphatic imine (C=N–C) groups is 2. The van der Waals surface area contributed by atoms with Crippen LogP contribution in [0.3, 0.4) is 0 Å². The molecular formula is C23H30FN5O4S. The Hall–Kier alpha value is -3.10. The topological polar surface area (TPSA) is 119 Å². The number of ether oxygens (including phenoxy) is 2. The molecular weight excluding hydrogens is 461 g/mol. The van der Waals surface area contributed by atoms with E-state index in [0.717, 1.165) is 12.1 Å². The third-order valence-electron chi connectivity index (χ3n) is 5.49. The van der Waals surface area contributed by atoms with Crippen LogP contribution in [0.4, 0.5) is 4.39 Å². The highest BCUT2D eigenvalue weighted by Crippen LogP contribution is 2.29. The minimum atomic E-state index is -4.39. The monoisotopic (exact) mass is 491 g/mol. The molecule has 184 valence electrons. The molecule has 3 N–H and O–H groups in total. The smallest absolute Gasteiger partial charge is 0.211 e. The van der Waals surface area contributed by atoms with Crippen molar-refractivity contribution in [1.82, 2.24) is 10.2 Å². The predicted octanol–water partition coefficient (Wildman–Crippen LogP) is 1.66. The fourth-order valence-electron chi connectivity index (χ4n) is 4.01. The first-order chi connectivity index (χ1) is 15.9. The van der Waals surface area contributed by atoms with Crippen LogP contribution in [0.15, 0.2) is 43.8 Å². The lowest BCUT2D eigenvalue weighted by Crippen LogP contribution is -2.55. The molecule has 1 aromatic rings. The molecule has 9 nitrogen and oxygen atoms in total. The third-order valence-corrected chi connectivity index (χ3v) is 7.54. The molecule has 2 aliphatic rings. The van der Waals surface area contributed by atoms with Gasteiger partial charge in [0.1, 0.15) is 44.9 Å². The molecule has 0 amide bonds. The second-order valence-electron chi connectivity index (χ2n) is 8.67. The lowest BCUT2D eigenvalue weighted by Gasteiger charge is -2.41. The van der Waals surface area contributed by atoms with Crippen LogP contribution < -0.4 is 15.8 Å². The average Bonchev–Trinajstić information content (AvgIpc) is 2.78. The summed E-state index contributed by atoms with van der Waals surface area (Å²) in [7, 11) is -3.03. The van der Waals surface area contributed by atoms with E-state index in [1.807, 2.05) is 18.7 Å². The molecule has 2 heterocycles. The van der Waals surface area contributed by atoms with Crippen molar-refractivity contribution < 1.29 is 22.3 Å². The normalized spacial score (nSPS) is 25.6. The van der Waals surface area contributed by atoms with E-state index >= 15 is 0 Å². The maximum Gasteiger partial charge on any atom is 0.211 e. The molecule has 1 saturated heterocycles. The van der Waals surface area contributed by atoms with Crippen LogP contribution in [-0.4, -0.2) is 69.5 Å². The van der Waals surface area contributed by atoms with Crippen LogP contribution in [0.2, 0.25) is 0 Å². The van der Waals surface area contributed by atoms with Crippen molar-refractivity contribution >= 4 is 21.5 Å². The van der Waals surface area contributed by atoms with Gasteiger partial charge in [0.2, 0.25) is 9.84 Å². The number of hydrogen-bond acceptors (Lipinski definition) is 9. The van der Waals surface area contributed by atoms with Gasteiger partial charge in [0.15, 0.2) is 0 Å². The minimum Gasteiger partial charge on any atom is -0.497 e. The lowest BCUT2D eigenvalue weighted by molar-refractivity contribution is -0.0682. The summed E-state index contributed by atoms with van der Waals surface area (Å²) < 4.78 is 52.6. The van der Waals surface area contributed by atoms with Gasteiger partial charge in [0.05, 0.1) is 25.4 Å². The van der Waals surface area contributed by atoms with Gasteiger partial charge in [-0.05, 0) is 39.8 Å². The zero-order valence-corrected chi connectivity index (χ0v) is 20.7. The largest absolute Gasteiger partial charge is 0.497 e. The van der Waals surface area contributed by atoms with Crippen LogP contribution in [0.25, 0.3) is 0 Å². The van der Waals surface area contributed by atoms with E-state index in [9.17, 15) is 12.8 Å². The molecule has 0 aliphatic carbocycles. The average molecular weight is 492 g/mol. The number of methoxy groups -OCH3 is 1. The van der Waals surface area contributed by atoms with Gasteiger partial charge in [0, 0.05) is 19.2 Å². The van der Waals surface area contributed by atoms with Gasteiger partial charge in [-0.1, -0.05) is 5.92 Å². The van der Waals surface area contributed by atoms with Gasteiger partial charge in [-0.25, -0.2) is 17.8 Å². The van der Waals surface area contributed by atoms with Crippen molar-refractivity contribution in [2.24, 2.45) is 15.7 Å². The zero-order chi connectivity index (χ0) is 25.3. The van der Waals surface area contributed by atoms with E-state index in [1.54, 1.807) is 13.8 Å². The molecule has 2 unspecified atom stereocenters. The molecule has 1 aromatic carbocycles. The maximum atomic E-state index is 14.7. The second kappa shape index (κ2) is 9.64. The summed E-state index contributed by atoms with van der Waals surface area (Å²) in [6.07, 6.45) is 5.81. The minimum absolute atomic E-state index is 0.187. The lowest BCUT2D eigenvalue weighted by atomic mass is 10.1. The Morgan fingerprint density at radius 3 is 2.71 bits per heavy atom. The van der Waals surface area contributed by atoms with Gasteiger partial charge < -0.3 is 25.4 Å². The molecule has 3 rings (SSSR count). The molecule has 0 aromatic heterocycles. The Bertz CT molecular complexity index is 1200. The van der Waals surface area contributed by atoms with Crippen LogP contribution in [0.1, 0.15) is 27.7 Å². The highest BCUT2D eigenvalue weighted by Gasteiger charge is 2.36. The first kappa shape index (κ1) is 25.5. The van der Waals surface area contributed by atoms with E-state index in [2.05, 4.69) is 21.2 Å². The Morgan fingerprint density at radius 1 is 1.41 bits per heavy atom. The molecule has 0 spiro atoms. The van der Waals surface area contributed by atoms with E-state index < -0.39 is 38.2 Å². The molecule has 1 fully saturated rings. The third kappa shape index (κ3) is 5.18. The summed E-state index contributed by atoms with van der Waals surface area (Å²) >= 11 is 0. The van der Waals surface area contributed by atoms with Crippen molar-refractivity contribution in [3.8, 4) is 18.1 Å². The van der Waals surface area contributed by atoms with E-state index in [4.69, 9.17) is 21.6 Å². The molecule has 11 heteroatoms. The first-order valence-corrected chi connectivity index (χ1v) is 12.2. The number of sulfone groups is 1. The summed E-state index contributed by atoms with van der Waals surface area (Å²) in [5, 5.41) is 2.91. The van der Waals surface area contributed by atoms with Gasteiger partial charge in [-0.15, -0.1) is 6.42 Å². The Morgan fingerprint density at radius 2 is 2.12 bits per heavy atom. The summed E-state index contributed by atoms with van der Waals surface area (Å²) in [4.78, 5) is 10.2. The number of nitrogens with one attached hydrogen (secondary N) is 1. The number of hydrogen-bond donors (Lipinski definition) is 2. The van der Waals surface area contributed by atoms with Crippen molar-refractivity contribution in [3.63, 3.8) is 0 Å². The standard InChI is InChI=1S/C23H30FN5O4S/c1-7-18-22(29-10-11-33-23(4,5)13-29)27-15(3)26-14(2)20(21(25)28-18)34(30,31)19-9-8-16(32-6)12-17(19)24/h1,8-9,12,14,18,28H,10-11,13,25H2,2-6H3/b21-20+,26-15?,27-22?.